The Hall–Kier alpha value is -2.41. The number of hydrogen-bond acceptors (Lipinski definition) is 5. The molecule has 0 aliphatic rings. The molecule has 2 rings (SSSR count). The zero-order chi connectivity index (χ0) is 14.4. The minimum atomic E-state index is -0.614. The van der Waals surface area contributed by atoms with Crippen LogP contribution in [0.1, 0.15) is 12.0 Å². The predicted molar refractivity (Wildman–Crippen MR) is 76.6 cm³/mol. The van der Waals surface area contributed by atoms with Crippen LogP contribution in [0.15, 0.2) is 39.9 Å². The lowest BCUT2D eigenvalue weighted by molar-refractivity contribution is 0.705. The fraction of sp³-hybridized carbons (Fsp3) is 0.308. The molecule has 7 nitrogen and oxygen atoms in total. The molecule has 1 aromatic carbocycles. The van der Waals surface area contributed by atoms with Gasteiger partial charge in [0.1, 0.15) is 0 Å². The Labute approximate surface area is 115 Å². The lowest BCUT2D eigenvalue weighted by Gasteiger charge is -2.22. The van der Waals surface area contributed by atoms with Gasteiger partial charge in [-0.15, -0.1) is 5.10 Å². The van der Waals surface area contributed by atoms with E-state index in [4.69, 9.17) is 5.73 Å². The highest BCUT2D eigenvalue weighted by Crippen LogP contribution is 2.09. The molecule has 0 bridgehead atoms. The minimum Gasteiger partial charge on any atom is -0.346 e. The molecular formula is C13H17N5O2. The minimum absolute atomic E-state index is 0.196. The number of nitrogens with zero attached hydrogens (tertiary/aromatic N) is 2. The second kappa shape index (κ2) is 6.67. The van der Waals surface area contributed by atoms with Gasteiger partial charge in [-0.25, -0.2) is 9.89 Å². The van der Waals surface area contributed by atoms with Crippen LogP contribution < -0.4 is 21.9 Å². The standard InChI is InChI=1S/C13H17N5O2/c14-7-4-8-18(9-10-5-2-1-3-6-10)11-12(19)15-13(20)17-16-11/h1-3,5-6H,4,7-9,14H2,(H2,15,17,19,20). The van der Waals surface area contributed by atoms with Crippen molar-refractivity contribution in [1.82, 2.24) is 15.2 Å². The maximum Gasteiger partial charge on any atom is 0.342 e. The summed E-state index contributed by atoms with van der Waals surface area (Å²) in [7, 11) is 0. The molecule has 0 aliphatic heterocycles. The first-order chi connectivity index (χ1) is 9.70. The fourth-order valence-electron chi connectivity index (χ4n) is 1.90. The number of H-pyrrole nitrogens is 2. The van der Waals surface area contributed by atoms with Crippen molar-refractivity contribution in [3.63, 3.8) is 0 Å². The third-order valence-electron chi connectivity index (χ3n) is 2.84. The molecule has 0 spiro atoms. The molecule has 0 radical (unpaired) electrons. The molecule has 0 amide bonds. The van der Waals surface area contributed by atoms with Gasteiger partial charge in [0.15, 0.2) is 0 Å². The van der Waals surface area contributed by atoms with Crippen LogP contribution in [0.4, 0.5) is 5.82 Å². The first-order valence-electron chi connectivity index (χ1n) is 6.38. The molecule has 2 aromatic rings. The molecule has 0 aliphatic carbocycles. The zero-order valence-corrected chi connectivity index (χ0v) is 11.0. The Bertz CT molecular complexity index is 650. The Morgan fingerprint density at radius 2 is 1.95 bits per heavy atom. The summed E-state index contributed by atoms with van der Waals surface area (Å²) >= 11 is 0. The van der Waals surface area contributed by atoms with E-state index in [1.165, 1.54) is 0 Å². The van der Waals surface area contributed by atoms with Crippen molar-refractivity contribution in [2.45, 2.75) is 13.0 Å². The molecule has 0 unspecified atom stereocenters. The summed E-state index contributed by atoms with van der Waals surface area (Å²) < 4.78 is 0. The molecular weight excluding hydrogens is 258 g/mol. The second-order valence-corrected chi connectivity index (χ2v) is 4.38. The van der Waals surface area contributed by atoms with Gasteiger partial charge in [0.2, 0.25) is 5.82 Å². The SMILES string of the molecule is NCCCN(Cc1ccccc1)c1n[nH]c(=O)[nH]c1=O. The van der Waals surface area contributed by atoms with Crippen molar-refractivity contribution in [3.8, 4) is 0 Å². The molecule has 106 valence electrons. The third kappa shape index (κ3) is 3.55. The maximum absolute atomic E-state index is 11.8. The van der Waals surface area contributed by atoms with Crippen molar-refractivity contribution in [2.24, 2.45) is 5.73 Å². The van der Waals surface area contributed by atoms with Gasteiger partial charge in [-0.2, -0.15) is 0 Å². The topological polar surface area (TPSA) is 108 Å². The van der Waals surface area contributed by atoms with Crippen molar-refractivity contribution in [3.05, 3.63) is 56.7 Å². The molecule has 0 fully saturated rings. The molecule has 20 heavy (non-hydrogen) atoms. The van der Waals surface area contributed by atoms with E-state index in [9.17, 15) is 9.59 Å². The first-order valence-corrected chi connectivity index (χ1v) is 6.38. The lowest BCUT2D eigenvalue weighted by Crippen LogP contribution is -2.35. The van der Waals surface area contributed by atoms with Crippen LogP contribution in [0, 0.1) is 0 Å². The van der Waals surface area contributed by atoms with Gasteiger partial charge >= 0.3 is 5.69 Å². The molecule has 0 saturated carbocycles. The molecule has 7 heteroatoms. The van der Waals surface area contributed by atoms with E-state index in [2.05, 4.69) is 15.2 Å². The lowest BCUT2D eigenvalue weighted by atomic mass is 10.2. The Morgan fingerprint density at radius 1 is 1.20 bits per heavy atom. The summed E-state index contributed by atoms with van der Waals surface area (Å²) in [4.78, 5) is 26.8. The number of rotatable bonds is 6. The van der Waals surface area contributed by atoms with Crippen molar-refractivity contribution in [1.29, 1.82) is 0 Å². The average molecular weight is 275 g/mol. The molecule has 4 N–H and O–H groups in total. The van der Waals surface area contributed by atoms with Crippen molar-refractivity contribution in [2.75, 3.05) is 18.0 Å². The molecule has 0 saturated heterocycles. The summed E-state index contributed by atoms with van der Waals surface area (Å²) in [5.74, 6) is 0.196. The van der Waals surface area contributed by atoms with Crippen LogP contribution in [0.2, 0.25) is 0 Å². The van der Waals surface area contributed by atoms with Crippen LogP contribution >= 0.6 is 0 Å². The Morgan fingerprint density at radius 3 is 2.60 bits per heavy atom. The monoisotopic (exact) mass is 275 g/mol. The van der Waals surface area contributed by atoms with Gasteiger partial charge in [-0.1, -0.05) is 30.3 Å². The van der Waals surface area contributed by atoms with Crippen molar-refractivity contribution >= 4 is 5.82 Å². The van der Waals surface area contributed by atoms with Crippen molar-refractivity contribution < 1.29 is 0 Å². The fourth-order valence-corrected chi connectivity index (χ4v) is 1.90. The average Bonchev–Trinajstić information content (AvgIpc) is 2.45. The highest BCUT2D eigenvalue weighted by atomic mass is 16.2. The number of aromatic amines is 2. The summed E-state index contributed by atoms with van der Waals surface area (Å²) in [6, 6.07) is 9.73. The van der Waals surface area contributed by atoms with E-state index in [-0.39, 0.29) is 5.82 Å². The smallest absolute Gasteiger partial charge is 0.342 e. The van der Waals surface area contributed by atoms with Crippen LogP contribution in [-0.4, -0.2) is 28.3 Å². The molecule has 1 heterocycles. The molecule has 1 aromatic heterocycles. The summed E-state index contributed by atoms with van der Waals surface area (Å²) in [5, 5.41) is 6.08. The second-order valence-electron chi connectivity index (χ2n) is 4.38. The maximum atomic E-state index is 11.8. The number of benzene rings is 1. The quantitative estimate of drug-likeness (QED) is 0.677. The van der Waals surface area contributed by atoms with Gasteiger partial charge in [0, 0.05) is 13.1 Å². The highest BCUT2D eigenvalue weighted by Gasteiger charge is 2.13. The van der Waals surface area contributed by atoms with E-state index in [0.717, 1.165) is 12.0 Å². The van der Waals surface area contributed by atoms with E-state index < -0.39 is 11.2 Å². The first kappa shape index (κ1) is 14.0. The Kier molecular flexibility index (Phi) is 4.67. The number of anilines is 1. The number of hydrogen-bond donors (Lipinski definition) is 3. The zero-order valence-electron chi connectivity index (χ0n) is 11.0. The van der Waals surface area contributed by atoms with Crippen LogP contribution in [-0.2, 0) is 6.54 Å². The summed E-state index contributed by atoms with van der Waals surface area (Å²) in [6.07, 6.45) is 0.729. The highest BCUT2D eigenvalue weighted by molar-refractivity contribution is 5.35. The number of nitrogens with two attached hydrogens (primary N) is 1. The number of nitrogens with one attached hydrogen (secondary N) is 2. The molecule has 0 atom stereocenters. The Balaban J connectivity index is 2.27. The van der Waals surface area contributed by atoms with E-state index in [1.807, 2.05) is 30.3 Å². The third-order valence-corrected chi connectivity index (χ3v) is 2.84. The van der Waals surface area contributed by atoms with Gasteiger partial charge in [-0.05, 0) is 18.5 Å². The van der Waals surface area contributed by atoms with Crippen LogP contribution in [0.5, 0.6) is 0 Å². The summed E-state index contributed by atoms with van der Waals surface area (Å²) in [6.45, 7) is 1.64. The van der Waals surface area contributed by atoms with Gasteiger partial charge in [0.05, 0.1) is 0 Å². The normalized spacial score (nSPS) is 10.4. The van der Waals surface area contributed by atoms with Gasteiger partial charge in [-0.3, -0.25) is 9.78 Å². The van der Waals surface area contributed by atoms with Gasteiger partial charge in [0.25, 0.3) is 5.56 Å². The van der Waals surface area contributed by atoms with E-state index in [1.54, 1.807) is 4.90 Å². The van der Waals surface area contributed by atoms with Crippen LogP contribution in [0.3, 0.4) is 0 Å². The van der Waals surface area contributed by atoms with Gasteiger partial charge < -0.3 is 10.6 Å². The predicted octanol–water partition coefficient (Wildman–Crippen LogP) is -0.186. The van der Waals surface area contributed by atoms with E-state index >= 15 is 0 Å². The van der Waals surface area contributed by atoms with E-state index in [0.29, 0.717) is 19.6 Å². The largest absolute Gasteiger partial charge is 0.346 e. The van der Waals surface area contributed by atoms with Crippen LogP contribution in [0.25, 0.3) is 0 Å². The summed E-state index contributed by atoms with van der Waals surface area (Å²) in [5.41, 5.74) is 5.46. The number of aromatic nitrogens is 3.